The Kier molecular flexibility index (Phi) is 21.9. The fourth-order valence-electron chi connectivity index (χ4n) is 1.06. The van der Waals surface area contributed by atoms with E-state index in [1.54, 1.807) is 0 Å². The predicted octanol–water partition coefficient (Wildman–Crippen LogP) is -0.915. The van der Waals surface area contributed by atoms with Gasteiger partial charge in [0.1, 0.15) is 19.8 Å². The van der Waals surface area contributed by atoms with Crippen molar-refractivity contribution in [3.8, 4) is 0 Å². The summed E-state index contributed by atoms with van der Waals surface area (Å²) in [4.78, 5) is 14.5. The largest absolute Gasteiger partial charge is 0.421 e. The summed E-state index contributed by atoms with van der Waals surface area (Å²) >= 11 is 0. The molecule has 0 unspecified atom stereocenters. The van der Waals surface area contributed by atoms with E-state index < -0.39 is 8.60 Å². The maximum atomic E-state index is 8.54. The van der Waals surface area contributed by atoms with Crippen LogP contribution in [0, 0.1) is 0 Å². The third kappa shape index (κ3) is 20.1. The molecule has 0 saturated heterocycles. The number of rotatable bonds is 21. The lowest BCUT2D eigenvalue weighted by atomic mass is 10.7. The highest BCUT2D eigenvalue weighted by Crippen LogP contribution is 2.40. The Morgan fingerprint density at radius 3 is 1.04 bits per heavy atom. The molecule has 3 N–H and O–H groups in total. The Balaban J connectivity index is 3.76. The second-order valence-electron chi connectivity index (χ2n) is 3.92. The van der Waals surface area contributed by atoms with Gasteiger partial charge in [0.05, 0.1) is 59.5 Å². The summed E-state index contributed by atoms with van der Waals surface area (Å²) in [5.74, 6) is 0. The van der Waals surface area contributed by atoms with Crippen molar-refractivity contribution in [3.63, 3.8) is 0 Å². The van der Waals surface area contributed by atoms with Crippen LogP contribution in [0.5, 0.6) is 0 Å². The molecule has 0 amide bonds. The lowest BCUT2D eigenvalue weighted by Crippen LogP contribution is -2.10. The van der Waals surface area contributed by atoms with Gasteiger partial charge < -0.3 is 29.5 Å². The van der Waals surface area contributed by atoms with Crippen LogP contribution in [0.2, 0.25) is 0 Å². The van der Waals surface area contributed by atoms with Gasteiger partial charge in [-0.2, -0.15) is 0 Å². The molecule has 0 radical (unpaired) electrons. The molecule has 152 valence electrons. The van der Waals surface area contributed by atoms with Crippen molar-refractivity contribution in [2.45, 2.75) is 0 Å². The molecule has 0 heterocycles. The zero-order chi connectivity index (χ0) is 18.4. The first-order chi connectivity index (χ1) is 12.3. The smallest absolute Gasteiger partial charge is 0.394 e. The molecule has 13 heteroatoms. The first-order valence-electron chi connectivity index (χ1n) is 7.59. The molecule has 0 aromatic rings. The molecule has 12 nitrogen and oxygen atoms in total. The normalized spacial score (nSPS) is 11.5. The van der Waals surface area contributed by atoms with Crippen LogP contribution in [-0.4, -0.2) is 94.6 Å². The monoisotopic (exact) mass is 394 g/mol. The van der Waals surface area contributed by atoms with Crippen LogP contribution in [-0.2, 0) is 42.9 Å². The highest BCUT2D eigenvalue weighted by atomic mass is 31.2. The number of ether oxygens (including phenoxy) is 3. The average molecular weight is 394 g/mol. The third-order valence-corrected chi connectivity index (χ3v) is 2.66. The fourth-order valence-corrected chi connectivity index (χ4v) is 1.61. The van der Waals surface area contributed by atoms with Gasteiger partial charge in [-0.25, -0.2) is 14.7 Å². The van der Waals surface area contributed by atoms with Crippen molar-refractivity contribution in [3.05, 3.63) is 0 Å². The summed E-state index contributed by atoms with van der Waals surface area (Å²) in [5, 5.41) is 25.6. The van der Waals surface area contributed by atoms with Crippen molar-refractivity contribution < 1.29 is 58.2 Å². The van der Waals surface area contributed by atoms with E-state index in [0.717, 1.165) is 0 Å². The van der Waals surface area contributed by atoms with Crippen molar-refractivity contribution in [2.24, 2.45) is 0 Å². The van der Waals surface area contributed by atoms with Gasteiger partial charge in [0.25, 0.3) is 0 Å². The molecule has 0 bridgehead atoms. The Bertz CT molecular complexity index is 212. The SMILES string of the molecule is OCCOCCOOP(OOCCOCCO)OOCCOCCO. The Morgan fingerprint density at radius 2 is 0.760 bits per heavy atom. The first kappa shape index (κ1) is 24.9. The Hall–Kier alpha value is -0.0500. The third-order valence-electron chi connectivity index (χ3n) is 1.98. The maximum absolute atomic E-state index is 8.54. The lowest BCUT2D eigenvalue weighted by molar-refractivity contribution is -0.315. The molecular formula is C12H27O12P. The lowest BCUT2D eigenvalue weighted by Gasteiger charge is -2.13. The Labute approximate surface area is 147 Å². The van der Waals surface area contributed by atoms with Gasteiger partial charge >= 0.3 is 8.60 Å². The van der Waals surface area contributed by atoms with E-state index in [0.29, 0.717) is 0 Å². The van der Waals surface area contributed by atoms with Gasteiger partial charge in [-0.1, -0.05) is 0 Å². The highest BCUT2D eigenvalue weighted by Gasteiger charge is 2.17. The van der Waals surface area contributed by atoms with Crippen LogP contribution < -0.4 is 0 Å². The highest BCUT2D eigenvalue weighted by molar-refractivity contribution is 7.41. The first-order valence-corrected chi connectivity index (χ1v) is 8.69. The molecule has 25 heavy (non-hydrogen) atoms. The summed E-state index contributed by atoms with van der Waals surface area (Å²) in [6, 6.07) is 0. The number of aliphatic hydroxyl groups is 3. The van der Waals surface area contributed by atoms with E-state index >= 15 is 0 Å². The molecule has 0 aliphatic carbocycles. The van der Waals surface area contributed by atoms with Gasteiger partial charge in [0, 0.05) is 0 Å². The van der Waals surface area contributed by atoms with Crippen LogP contribution in [0.15, 0.2) is 0 Å². The molecule has 0 aromatic heterocycles. The summed E-state index contributed by atoms with van der Waals surface area (Å²) in [7, 11) is -2.12. The van der Waals surface area contributed by atoms with E-state index in [1.807, 2.05) is 0 Å². The summed E-state index contributed by atoms with van der Waals surface area (Å²) in [5.41, 5.74) is 0. The summed E-state index contributed by atoms with van der Waals surface area (Å²) in [6.07, 6.45) is 0. The van der Waals surface area contributed by atoms with Crippen LogP contribution in [0.3, 0.4) is 0 Å². The average Bonchev–Trinajstić information content (AvgIpc) is 2.63. The fraction of sp³-hybridized carbons (Fsp3) is 1.00. The molecular weight excluding hydrogens is 367 g/mol. The van der Waals surface area contributed by atoms with E-state index in [2.05, 4.69) is 0 Å². The van der Waals surface area contributed by atoms with Gasteiger partial charge in [-0.3, -0.25) is 0 Å². The van der Waals surface area contributed by atoms with Crippen molar-refractivity contribution >= 4 is 8.60 Å². The van der Waals surface area contributed by atoms with Crippen LogP contribution in [0.25, 0.3) is 0 Å². The second-order valence-corrected chi connectivity index (χ2v) is 4.82. The van der Waals surface area contributed by atoms with Gasteiger partial charge in [-0.15, -0.1) is 14.0 Å². The second kappa shape index (κ2) is 22.0. The minimum atomic E-state index is -2.12. The molecule has 0 aliphatic heterocycles. The van der Waals surface area contributed by atoms with E-state index in [-0.39, 0.29) is 79.3 Å². The molecule has 0 atom stereocenters. The minimum Gasteiger partial charge on any atom is -0.394 e. The summed E-state index contributed by atoms with van der Waals surface area (Å²) < 4.78 is 29.4. The number of aliphatic hydroxyl groups excluding tert-OH is 3. The molecule has 0 rings (SSSR count). The molecule has 0 aromatic carbocycles. The summed E-state index contributed by atoms with van der Waals surface area (Å²) in [6.45, 7) is 1.16. The number of hydrogen-bond donors (Lipinski definition) is 3. The molecule has 0 saturated carbocycles. The van der Waals surface area contributed by atoms with E-state index in [1.165, 1.54) is 0 Å². The molecule has 0 spiro atoms. The van der Waals surface area contributed by atoms with Gasteiger partial charge in [-0.05, 0) is 0 Å². The van der Waals surface area contributed by atoms with Crippen LogP contribution in [0.1, 0.15) is 0 Å². The zero-order valence-electron chi connectivity index (χ0n) is 13.9. The predicted molar refractivity (Wildman–Crippen MR) is 81.7 cm³/mol. The standard InChI is InChI=1S/C12H27O12P/c13-1-4-16-7-10-19-22-25(23-20-11-8-17-5-2-14)24-21-12-9-18-6-3-15/h13-15H,1-12H2. The van der Waals surface area contributed by atoms with Crippen molar-refractivity contribution in [1.82, 2.24) is 0 Å². The van der Waals surface area contributed by atoms with Crippen molar-refractivity contribution in [1.29, 1.82) is 0 Å². The van der Waals surface area contributed by atoms with Gasteiger partial charge in [0.2, 0.25) is 0 Å². The van der Waals surface area contributed by atoms with Crippen molar-refractivity contribution in [2.75, 3.05) is 79.3 Å². The Morgan fingerprint density at radius 1 is 0.440 bits per heavy atom. The van der Waals surface area contributed by atoms with Crippen LogP contribution in [0.4, 0.5) is 0 Å². The van der Waals surface area contributed by atoms with E-state index in [4.69, 9.17) is 58.2 Å². The number of hydrogen-bond acceptors (Lipinski definition) is 12. The maximum Gasteiger partial charge on any atom is 0.421 e. The van der Waals surface area contributed by atoms with Gasteiger partial charge in [0.15, 0.2) is 0 Å². The van der Waals surface area contributed by atoms with E-state index in [9.17, 15) is 0 Å². The van der Waals surface area contributed by atoms with Crippen LogP contribution >= 0.6 is 8.60 Å². The zero-order valence-corrected chi connectivity index (χ0v) is 14.8. The topological polar surface area (TPSA) is 144 Å². The molecule has 0 aliphatic rings. The minimum absolute atomic E-state index is 0.0742. The quantitative estimate of drug-likeness (QED) is 0.0959. The molecule has 0 fully saturated rings.